The predicted molar refractivity (Wildman–Crippen MR) is 113 cm³/mol. The molecular weight excluding hydrogens is 389 g/mol. The summed E-state index contributed by atoms with van der Waals surface area (Å²) >= 11 is 1.65. The largest absolute Gasteiger partial charge is 0.338 e. The van der Waals surface area contributed by atoms with Gasteiger partial charge >= 0.3 is 6.03 Å². The van der Waals surface area contributed by atoms with Crippen LogP contribution in [0.15, 0.2) is 36.4 Å². The zero-order valence-corrected chi connectivity index (χ0v) is 17.8. The zero-order chi connectivity index (χ0) is 20.8. The number of hydrogen-bond acceptors (Lipinski definition) is 3. The molecule has 1 aromatic heterocycles. The van der Waals surface area contributed by atoms with E-state index < -0.39 is 0 Å². The maximum atomic E-state index is 13.3. The maximum absolute atomic E-state index is 13.3. The lowest BCUT2D eigenvalue weighted by atomic mass is 10.2. The number of benzene rings is 1. The SMILES string of the molecule is CCNC(=O)N(CC(=O)N(Cc1ccc(F)cc1)Cc1ccc(C)s1)CC1CC1. The van der Waals surface area contributed by atoms with Crippen LogP contribution in [0.1, 0.15) is 35.1 Å². The second-order valence-corrected chi connectivity index (χ2v) is 8.92. The Morgan fingerprint density at radius 2 is 1.83 bits per heavy atom. The van der Waals surface area contributed by atoms with Gasteiger partial charge in [-0.2, -0.15) is 0 Å². The Labute approximate surface area is 175 Å². The van der Waals surface area contributed by atoms with E-state index in [0.717, 1.165) is 23.3 Å². The van der Waals surface area contributed by atoms with Gasteiger partial charge in [0.2, 0.25) is 5.91 Å². The van der Waals surface area contributed by atoms with Crippen LogP contribution in [-0.2, 0) is 17.9 Å². The first-order valence-electron chi connectivity index (χ1n) is 10.0. The number of aryl methyl sites for hydroxylation is 1. The fraction of sp³-hybridized carbons (Fsp3) is 0.455. The highest BCUT2D eigenvalue weighted by molar-refractivity contribution is 7.11. The molecule has 0 bridgehead atoms. The van der Waals surface area contributed by atoms with E-state index in [0.29, 0.717) is 32.1 Å². The minimum absolute atomic E-state index is 0.0495. The number of carbonyl (C=O) groups is 2. The molecule has 7 heteroatoms. The minimum Gasteiger partial charge on any atom is -0.338 e. The molecule has 0 saturated heterocycles. The summed E-state index contributed by atoms with van der Waals surface area (Å²) in [6.07, 6.45) is 2.22. The second-order valence-electron chi connectivity index (χ2n) is 7.55. The van der Waals surface area contributed by atoms with Gasteiger partial charge in [0, 0.05) is 29.4 Å². The second kappa shape index (κ2) is 9.87. The van der Waals surface area contributed by atoms with Gasteiger partial charge in [0.25, 0.3) is 0 Å². The lowest BCUT2D eigenvalue weighted by Crippen LogP contribution is -2.47. The molecule has 3 amide bonds. The first-order chi connectivity index (χ1) is 13.9. The average Bonchev–Trinajstić information content (AvgIpc) is 3.42. The van der Waals surface area contributed by atoms with E-state index in [1.165, 1.54) is 17.0 Å². The van der Waals surface area contributed by atoms with E-state index in [1.807, 2.05) is 26.0 Å². The lowest BCUT2D eigenvalue weighted by molar-refractivity contribution is -0.133. The molecule has 0 aliphatic heterocycles. The van der Waals surface area contributed by atoms with Crippen molar-refractivity contribution in [3.63, 3.8) is 0 Å². The third kappa shape index (κ3) is 6.56. The van der Waals surface area contributed by atoms with Crippen molar-refractivity contribution in [1.82, 2.24) is 15.1 Å². The number of rotatable bonds is 9. The maximum Gasteiger partial charge on any atom is 0.317 e. The van der Waals surface area contributed by atoms with Crippen molar-refractivity contribution in [3.05, 3.63) is 57.5 Å². The summed E-state index contributed by atoms with van der Waals surface area (Å²) in [6.45, 7) is 5.95. The molecule has 1 saturated carbocycles. The Balaban J connectivity index is 1.73. The van der Waals surface area contributed by atoms with Crippen molar-refractivity contribution in [2.75, 3.05) is 19.6 Å². The van der Waals surface area contributed by atoms with Crippen molar-refractivity contribution in [1.29, 1.82) is 0 Å². The number of thiophene rings is 1. The van der Waals surface area contributed by atoms with E-state index in [1.54, 1.807) is 33.3 Å². The molecule has 156 valence electrons. The molecule has 3 rings (SSSR count). The summed E-state index contributed by atoms with van der Waals surface area (Å²) in [4.78, 5) is 31.3. The van der Waals surface area contributed by atoms with Crippen molar-refractivity contribution in [2.24, 2.45) is 5.92 Å². The van der Waals surface area contributed by atoms with Gasteiger partial charge in [-0.1, -0.05) is 12.1 Å². The summed E-state index contributed by atoms with van der Waals surface area (Å²) < 4.78 is 13.3. The van der Waals surface area contributed by atoms with Crippen molar-refractivity contribution < 1.29 is 14.0 Å². The first-order valence-corrected chi connectivity index (χ1v) is 10.9. The number of halogens is 1. The Hall–Kier alpha value is -2.41. The molecule has 0 unspecified atom stereocenters. The molecule has 1 heterocycles. The van der Waals surface area contributed by atoms with E-state index in [9.17, 15) is 14.0 Å². The molecular formula is C22H28FN3O2S. The summed E-state index contributed by atoms with van der Waals surface area (Å²) in [6, 6.07) is 10.1. The van der Waals surface area contributed by atoms with Gasteiger partial charge < -0.3 is 15.1 Å². The smallest absolute Gasteiger partial charge is 0.317 e. The summed E-state index contributed by atoms with van der Waals surface area (Å²) in [5.41, 5.74) is 0.861. The Kier molecular flexibility index (Phi) is 7.25. The highest BCUT2D eigenvalue weighted by atomic mass is 32.1. The van der Waals surface area contributed by atoms with Gasteiger partial charge in [0.05, 0.1) is 6.54 Å². The number of hydrogen-bond donors (Lipinski definition) is 1. The molecule has 0 atom stereocenters. The van der Waals surface area contributed by atoms with Crippen LogP contribution in [-0.4, -0.2) is 41.4 Å². The van der Waals surface area contributed by atoms with Gasteiger partial charge in [-0.05, 0) is 62.4 Å². The molecule has 1 fully saturated rings. The van der Waals surface area contributed by atoms with Gasteiger partial charge in [-0.25, -0.2) is 9.18 Å². The van der Waals surface area contributed by atoms with E-state index in [-0.39, 0.29) is 24.3 Å². The molecule has 1 N–H and O–H groups in total. The first kappa shape index (κ1) is 21.3. The van der Waals surface area contributed by atoms with Gasteiger partial charge in [-0.15, -0.1) is 11.3 Å². The van der Waals surface area contributed by atoms with E-state index in [4.69, 9.17) is 0 Å². The number of nitrogens with one attached hydrogen (secondary N) is 1. The van der Waals surface area contributed by atoms with Gasteiger partial charge in [0.15, 0.2) is 0 Å². The highest BCUT2D eigenvalue weighted by Gasteiger charge is 2.29. The normalized spacial score (nSPS) is 13.2. The highest BCUT2D eigenvalue weighted by Crippen LogP contribution is 2.29. The third-order valence-corrected chi connectivity index (χ3v) is 5.88. The molecule has 1 aromatic carbocycles. The quantitative estimate of drug-likeness (QED) is 0.666. The van der Waals surface area contributed by atoms with Crippen LogP contribution in [0.5, 0.6) is 0 Å². The van der Waals surface area contributed by atoms with Crippen LogP contribution in [0.4, 0.5) is 9.18 Å². The van der Waals surface area contributed by atoms with Gasteiger partial charge in [0.1, 0.15) is 12.4 Å². The van der Waals surface area contributed by atoms with Crippen LogP contribution >= 0.6 is 11.3 Å². The molecule has 1 aliphatic carbocycles. The Bertz CT molecular complexity index is 833. The van der Waals surface area contributed by atoms with Crippen molar-refractivity contribution in [2.45, 2.75) is 39.8 Å². The van der Waals surface area contributed by atoms with E-state index >= 15 is 0 Å². The minimum atomic E-state index is -0.299. The van der Waals surface area contributed by atoms with Crippen LogP contribution in [0.2, 0.25) is 0 Å². The summed E-state index contributed by atoms with van der Waals surface area (Å²) in [5, 5.41) is 2.81. The predicted octanol–water partition coefficient (Wildman–Crippen LogP) is 4.17. The fourth-order valence-electron chi connectivity index (χ4n) is 3.16. The standard InChI is InChI=1S/C22H28FN3O2S/c1-3-24-22(28)26(13-17-5-6-17)15-21(27)25(14-20-11-4-16(2)29-20)12-18-7-9-19(23)10-8-18/h4,7-11,17H,3,5-6,12-15H2,1-2H3,(H,24,28). The summed E-state index contributed by atoms with van der Waals surface area (Å²) in [7, 11) is 0. The summed E-state index contributed by atoms with van der Waals surface area (Å²) in [5.74, 6) is 0.0931. The Morgan fingerprint density at radius 1 is 1.10 bits per heavy atom. The number of amides is 3. The topological polar surface area (TPSA) is 52.7 Å². The molecule has 5 nitrogen and oxygen atoms in total. The van der Waals surface area contributed by atoms with Crippen LogP contribution < -0.4 is 5.32 Å². The van der Waals surface area contributed by atoms with Crippen LogP contribution in [0.3, 0.4) is 0 Å². The number of nitrogens with zero attached hydrogens (tertiary/aromatic N) is 2. The van der Waals surface area contributed by atoms with Crippen LogP contribution in [0, 0.1) is 18.7 Å². The molecule has 2 aromatic rings. The average molecular weight is 418 g/mol. The van der Waals surface area contributed by atoms with Crippen molar-refractivity contribution in [3.8, 4) is 0 Å². The fourth-order valence-corrected chi connectivity index (χ4v) is 4.06. The van der Waals surface area contributed by atoms with E-state index in [2.05, 4.69) is 5.32 Å². The molecule has 0 radical (unpaired) electrons. The molecule has 29 heavy (non-hydrogen) atoms. The van der Waals surface area contributed by atoms with Crippen LogP contribution in [0.25, 0.3) is 0 Å². The molecule has 1 aliphatic rings. The van der Waals surface area contributed by atoms with Gasteiger partial charge in [-0.3, -0.25) is 4.79 Å². The third-order valence-electron chi connectivity index (χ3n) is 4.90. The molecule has 0 spiro atoms. The number of carbonyl (C=O) groups excluding carboxylic acids is 2. The monoisotopic (exact) mass is 417 g/mol. The van der Waals surface area contributed by atoms with Crippen molar-refractivity contribution >= 4 is 23.3 Å². The number of urea groups is 1. The Morgan fingerprint density at radius 3 is 2.41 bits per heavy atom. The lowest BCUT2D eigenvalue weighted by Gasteiger charge is -2.27. The zero-order valence-electron chi connectivity index (χ0n) is 17.0.